The second-order valence-corrected chi connectivity index (χ2v) is 9.25. The highest BCUT2D eigenvalue weighted by Gasteiger charge is 2.15. The van der Waals surface area contributed by atoms with Gasteiger partial charge in [0.05, 0.1) is 17.6 Å². The second kappa shape index (κ2) is 10.0. The van der Waals surface area contributed by atoms with Crippen LogP contribution in [0.4, 0.5) is 0 Å². The number of benzene rings is 2. The lowest BCUT2D eigenvalue weighted by Crippen LogP contribution is -2.18. The first kappa shape index (κ1) is 22.1. The van der Waals surface area contributed by atoms with E-state index in [1.165, 1.54) is 31.5 Å². The average Bonchev–Trinajstić information content (AvgIpc) is 3.56. The number of furan rings is 1. The summed E-state index contributed by atoms with van der Waals surface area (Å²) in [6, 6.07) is 16.2. The molecule has 1 aliphatic heterocycles. The molecule has 0 radical (unpaired) electrons. The molecule has 0 bridgehead atoms. The molecule has 1 fully saturated rings. The summed E-state index contributed by atoms with van der Waals surface area (Å²) in [5.41, 5.74) is 4.34. The molecule has 0 atom stereocenters. The molecule has 0 aliphatic carbocycles. The van der Waals surface area contributed by atoms with Crippen molar-refractivity contribution in [2.45, 2.75) is 45.6 Å². The van der Waals surface area contributed by atoms with Gasteiger partial charge in [0.15, 0.2) is 11.6 Å². The Kier molecular flexibility index (Phi) is 6.70. The van der Waals surface area contributed by atoms with Crippen LogP contribution in [0.5, 0.6) is 5.75 Å². The van der Waals surface area contributed by atoms with Gasteiger partial charge in [-0.25, -0.2) is 4.98 Å². The highest BCUT2D eigenvalue weighted by Crippen LogP contribution is 2.29. The molecular formula is C27H30ClN3O2. The average molecular weight is 464 g/mol. The van der Waals surface area contributed by atoms with Crippen LogP contribution in [0, 0.1) is 0 Å². The van der Waals surface area contributed by atoms with Gasteiger partial charge in [0.2, 0.25) is 0 Å². The van der Waals surface area contributed by atoms with Crippen LogP contribution >= 0.6 is 11.6 Å². The minimum absolute atomic E-state index is 0.613. The van der Waals surface area contributed by atoms with E-state index >= 15 is 0 Å². The Morgan fingerprint density at radius 3 is 2.82 bits per heavy atom. The van der Waals surface area contributed by atoms with Crippen molar-refractivity contribution in [3.8, 4) is 17.3 Å². The lowest BCUT2D eigenvalue weighted by atomic mass is 10.1. The molecule has 5 nitrogen and oxygen atoms in total. The van der Waals surface area contributed by atoms with E-state index in [0.29, 0.717) is 18.1 Å². The number of aromatic amines is 1. The number of imidazole rings is 1. The number of fused-ring (bicyclic) bond motifs is 1. The van der Waals surface area contributed by atoms with Gasteiger partial charge in [0.1, 0.15) is 11.5 Å². The van der Waals surface area contributed by atoms with E-state index in [2.05, 4.69) is 35.0 Å². The SMILES string of the molecule is CCCCOc1ccc(Cl)cc1Cc1ccc(-c2nc3ccc(CN4CCCC4)cc3[nH]2)o1. The van der Waals surface area contributed by atoms with Crippen LogP contribution in [0.1, 0.15) is 49.5 Å². The maximum atomic E-state index is 6.25. The summed E-state index contributed by atoms with van der Waals surface area (Å²) in [4.78, 5) is 10.7. The molecule has 2 aromatic carbocycles. The zero-order valence-corrected chi connectivity index (χ0v) is 19.8. The van der Waals surface area contributed by atoms with Gasteiger partial charge in [-0.3, -0.25) is 4.90 Å². The summed E-state index contributed by atoms with van der Waals surface area (Å²) in [5, 5.41) is 0.696. The van der Waals surface area contributed by atoms with E-state index in [1.54, 1.807) is 0 Å². The zero-order chi connectivity index (χ0) is 22.6. The van der Waals surface area contributed by atoms with Gasteiger partial charge in [-0.1, -0.05) is 31.0 Å². The molecule has 172 valence electrons. The van der Waals surface area contributed by atoms with Gasteiger partial charge >= 0.3 is 0 Å². The summed E-state index contributed by atoms with van der Waals surface area (Å²) in [7, 11) is 0. The molecule has 0 amide bonds. The van der Waals surface area contributed by atoms with E-state index in [-0.39, 0.29) is 0 Å². The quantitative estimate of drug-likeness (QED) is 0.276. The Balaban J connectivity index is 1.33. The van der Waals surface area contributed by atoms with Gasteiger partial charge in [0, 0.05) is 23.6 Å². The largest absolute Gasteiger partial charge is 0.493 e. The molecule has 33 heavy (non-hydrogen) atoms. The van der Waals surface area contributed by atoms with Gasteiger partial charge < -0.3 is 14.1 Å². The van der Waals surface area contributed by atoms with Crippen LogP contribution < -0.4 is 4.74 Å². The Morgan fingerprint density at radius 2 is 1.97 bits per heavy atom. The van der Waals surface area contributed by atoms with Crippen LogP contribution in [0.3, 0.4) is 0 Å². The van der Waals surface area contributed by atoms with E-state index < -0.39 is 0 Å². The third kappa shape index (κ3) is 5.26. The van der Waals surface area contributed by atoms with Crippen molar-refractivity contribution < 1.29 is 9.15 Å². The number of ether oxygens (including phenoxy) is 1. The molecule has 1 N–H and O–H groups in total. The van der Waals surface area contributed by atoms with Gasteiger partial charge in [0.25, 0.3) is 0 Å². The summed E-state index contributed by atoms with van der Waals surface area (Å²) >= 11 is 6.25. The molecule has 1 saturated heterocycles. The standard InChI is InChI=1S/C27H30ClN3O2/c1-2-3-14-32-25-10-7-21(28)16-20(25)17-22-8-11-26(33-22)27-29-23-9-6-19(15-24(23)30-27)18-31-12-4-5-13-31/h6-11,15-16H,2-5,12-14,17-18H2,1H3,(H,29,30). The number of nitrogens with zero attached hydrogens (tertiary/aromatic N) is 2. The lowest BCUT2D eigenvalue weighted by molar-refractivity contribution is 0.306. The number of unbranched alkanes of at least 4 members (excludes halogenated alkanes) is 1. The molecule has 4 aromatic rings. The van der Waals surface area contributed by atoms with E-state index in [1.807, 2.05) is 30.3 Å². The summed E-state index contributed by atoms with van der Waals surface area (Å²) in [5.74, 6) is 3.20. The first-order chi connectivity index (χ1) is 16.2. The predicted octanol–water partition coefficient (Wildman–Crippen LogP) is 6.84. The van der Waals surface area contributed by atoms with Crippen LogP contribution in [-0.2, 0) is 13.0 Å². The number of H-pyrrole nitrogens is 1. The number of halogens is 1. The number of nitrogens with one attached hydrogen (secondary N) is 1. The minimum Gasteiger partial charge on any atom is -0.493 e. The summed E-state index contributed by atoms with van der Waals surface area (Å²) in [6.45, 7) is 6.24. The highest BCUT2D eigenvalue weighted by molar-refractivity contribution is 6.30. The molecule has 3 heterocycles. The van der Waals surface area contributed by atoms with E-state index in [4.69, 9.17) is 25.7 Å². The van der Waals surface area contributed by atoms with Crippen LogP contribution in [0.25, 0.3) is 22.6 Å². The Labute approximate surface area is 199 Å². The fourth-order valence-corrected chi connectivity index (χ4v) is 4.61. The monoisotopic (exact) mass is 463 g/mol. The predicted molar refractivity (Wildman–Crippen MR) is 133 cm³/mol. The topological polar surface area (TPSA) is 54.3 Å². The number of likely N-dealkylation sites (tertiary alicyclic amines) is 1. The molecule has 0 saturated carbocycles. The van der Waals surface area contributed by atoms with E-state index in [0.717, 1.165) is 59.1 Å². The van der Waals surface area contributed by atoms with Crippen molar-refractivity contribution in [1.82, 2.24) is 14.9 Å². The van der Waals surface area contributed by atoms with Crippen molar-refractivity contribution >= 4 is 22.6 Å². The van der Waals surface area contributed by atoms with Crippen molar-refractivity contribution in [3.63, 3.8) is 0 Å². The Morgan fingerprint density at radius 1 is 1.09 bits per heavy atom. The molecular weight excluding hydrogens is 434 g/mol. The molecule has 1 aliphatic rings. The zero-order valence-electron chi connectivity index (χ0n) is 19.1. The van der Waals surface area contributed by atoms with Crippen molar-refractivity contribution in [2.24, 2.45) is 0 Å². The molecule has 0 unspecified atom stereocenters. The summed E-state index contributed by atoms with van der Waals surface area (Å²) < 4.78 is 12.1. The molecule has 2 aromatic heterocycles. The maximum absolute atomic E-state index is 6.25. The first-order valence-corrected chi connectivity index (χ1v) is 12.3. The van der Waals surface area contributed by atoms with Crippen LogP contribution in [0.15, 0.2) is 52.9 Å². The second-order valence-electron chi connectivity index (χ2n) is 8.82. The molecule has 0 spiro atoms. The maximum Gasteiger partial charge on any atom is 0.174 e. The van der Waals surface area contributed by atoms with Crippen molar-refractivity contribution in [1.29, 1.82) is 0 Å². The fourth-order valence-electron chi connectivity index (χ4n) is 4.41. The first-order valence-electron chi connectivity index (χ1n) is 11.9. The molecule has 6 heteroatoms. The fraction of sp³-hybridized carbons (Fsp3) is 0.370. The smallest absolute Gasteiger partial charge is 0.174 e. The molecule has 5 rings (SSSR count). The Bertz CT molecular complexity index is 1220. The van der Waals surface area contributed by atoms with Crippen LogP contribution in [-0.4, -0.2) is 34.6 Å². The number of hydrogen-bond acceptors (Lipinski definition) is 4. The van der Waals surface area contributed by atoms with Gasteiger partial charge in [-0.05, 0) is 80.4 Å². The van der Waals surface area contributed by atoms with Gasteiger partial charge in [-0.15, -0.1) is 0 Å². The number of aromatic nitrogens is 2. The van der Waals surface area contributed by atoms with Crippen molar-refractivity contribution in [3.05, 3.63) is 70.4 Å². The Hall–Kier alpha value is -2.76. The highest BCUT2D eigenvalue weighted by atomic mass is 35.5. The lowest BCUT2D eigenvalue weighted by Gasteiger charge is -2.14. The van der Waals surface area contributed by atoms with Crippen molar-refractivity contribution in [2.75, 3.05) is 19.7 Å². The van der Waals surface area contributed by atoms with Crippen LogP contribution in [0.2, 0.25) is 5.02 Å². The minimum atomic E-state index is 0.613. The van der Waals surface area contributed by atoms with E-state index in [9.17, 15) is 0 Å². The third-order valence-corrected chi connectivity index (χ3v) is 6.42. The number of rotatable bonds is 9. The normalized spacial score (nSPS) is 14.4. The number of hydrogen-bond donors (Lipinski definition) is 1. The summed E-state index contributed by atoms with van der Waals surface area (Å²) in [6.07, 6.45) is 5.35. The third-order valence-electron chi connectivity index (χ3n) is 6.19. The van der Waals surface area contributed by atoms with Gasteiger partial charge in [-0.2, -0.15) is 0 Å².